The minimum absolute atomic E-state index is 0.117. The van der Waals surface area contributed by atoms with E-state index in [1.54, 1.807) is 18.2 Å². The molecule has 1 unspecified atom stereocenters. The monoisotopic (exact) mass is 280 g/mol. The first-order chi connectivity index (χ1) is 9.43. The zero-order chi connectivity index (χ0) is 15.1. The van der Waals surface area contributed by atoms with Crippen LogP contribution in [0.3, 0.4) is 0 Å². The fourth-order valence-electron chi connectivity index (χ4n) is 1.47. The Morgan fingerprint density at radius 2 is 2.05 bits per heavy atom. The van der Waals surface area contributed by atoms with Crippen LogP contribution < -0.4 is 15.8 Å². The summed E-state index contributed by atoms with van der Waals surface area (Å²) in [6, 6.07) is 5.27. The van der Waals surface area contributed by atoms with Gasteiger partial charge in [-0.05, 0) is 18.2 Å². The van der Waals surface area contributed by atoms with Gasteiger partial charge in [0.1, 0.15) is 12.4 Å². The van der Waals surface area contributed by atoms with Crippen molar-refractivity contribution in [3.8, 4) is 5.75 Å². The van der Waals surface area contributed by atoms with Crippen LogP contribution in [0.5, 0.6) is 5.75 Å². The van der Waals surface area contributed by atoms with Gasteiger partial charge in [-0.1, -0.05) is 6.07 Å². The summed E-state index contributed by atoms with van der Waals surface area (Å²) in [4.78, 5) is 33.5. The van der Waals surface area contributed by atoms with E-state index < -0.39 is 17.9 Å². The molecule has 1 rings (SSSR count). The molecule has 2 amide bonds. The summed E-state index contributed by atoms with van der Waals surface area (Å²) in [5.41, 5.74) is 5.44. The molecule has 7 heteroatoms. The molecule has 0 aliphatic rings. The van der Waals surface area contributed by atoms with Gasteiger partial charge in [0.2, 0.25) is 11.8 Å². The maximum Gasteiger partial charge on any atom is 0.331 e. The summed E-state index contributed by atoms with van der Waals surface area (Å²) in [6.07, 6.45) is 0. The van der Waals surface area contributed by atoms with Crippen molar-refractivity contribution in [1.82, 2.24) is 5.32 Å². The summed E-state index contributed by atoms with van der Waals surface area (Å²) in [7, 11) is 1.21. The molecule has 0 bridgehead atoms. The number of carbonyl (C=O) groups excluding carboxylic acids is 3. The van der Waals surface area contributed by atoms with Crippen LogP contribution in [-0.4, -0.2) is 37.5 Å². The van der Waals surface area contributed by atoms with Crippen LogP contribution >= 0.6 is 0 Å². The van der Waals surface area contributed by atoms with Gasteiger partial charge in [0, 0.05) is 12.5 Å². The van der Waals surface area contributed by atoms with Crippen LogP contribution in [0.1, 0.15) is 17.3 Å². The number of rotatable bonds is 6. The molecule has 7 nitrogen and oxygen atoms in total. The van der Waals surface area contributed by atoms with Crippen LogP contribution in [0.25, 0.3) is 0 Å². The van der Waals surface area contributed by atoms with Gasteiger partial charge in [0.05, 0.1) is 7.11 Å². The van der Waals surface area contributed by atoms with E-state index in [2.05, 4.69) is 10.1 Å². The quantitative estimate of drug-likeness (QED) is 0.704. The van der Waals surface area contributed by atoms with Crippen molar-refractivity contribution in [2.75, 3.05) is 13.7 Å². The first-order valence-electron chi connectivity index (χ1n) is 5.81. The van der Waals surface area contributed by atoms with Crippen molar-refractivity contribution in [1.29, 1.82) is 0 Å². The number of benzene rings is 1. The standard InChI is InChI=1S/C13H16N2O5/c1-8(16)15-11(13(18)19-2)7-20-10-5-3-4-9(6-10)12(14)17/h3-6,11H,7H2,1-2H3,(H2,14,17)(H,15,16). The molecule has 0 aromatic heterocycles. The van der Waals surface area contributed by atoms with Crippen molar-refractivity contribution in [3.05, 3.63) is 29.8 Å². The van der Waals surface area contributed by atoms with Crippen molar-refractivity contribution < 1.29 is 23.9 Å². The van der Waals surface area contributed by atoms with Gasteiger partial charge in [0.25, 0.3) is 0 Å². The topological polar surface area (TPSA) is 108 Å². The van der Waals surface area contributed by atoms with Crippen LogP contribution in [0.15, 0.2) is 24.3 Å². The van der Waals surface area contributed by atoms with E-state index >= 15 is 0 Å². The van der Waals surface area contributed by atoms with Gasteiger partial charge in [-0.25, -0.2) is 4.79 Å². The van der Waals surface area contributed by atoms with Crippen LogP contribution in [0, 0.1) is 0 Å². The van der Waals surface area contributed by atoms with E-state index in [4.69, 9.17) is 10.5 Å². The third-order valence-electron chi connectivity index (χ3n) is 2.40. The third-order valence-corrected chi connectivity index (χ3v) is 2.40. The normalized spacial score (nSPS) is 11.3. The fraction of sp³-hybridized carbons (Fsp3) is 0.308. The Bertz CT molecular complexity index is 515. The number of ether oxygens (including phenoxy) is 2. The molecule has 1 atom stereocenters. The maximum absolute atomic E-state index is 11.5. The minimum atomic E-state index is -0.922. The number of esters is 1. The number of methoxy groups -OCH3 is 1. The fourth-order valence-corrected chi connectivity index (χ4v) is 1.47. The second-order valence-electron chi connectivity index (χ2n) is 3.98. The lowest BCUT2D eigenvalue weighted by molar-refractivity contribution is -0.145. The molecule has 0 heterocycles. The Morgan fingerprint density at radius 3 is 2.60 bits per heavy atom. The molecule has 0 aliphatic carbocycles. The molecular weight excluding hydrogens is 264 g/mol. The number of nitrogens with one attached hydrogen (secondary N) is 1. The second kappa shape index (κ2) is 7.13. The molecule has 1 aromatic rings. The van der Waals surface area contributed by atoms with Crippen molar-refractivity contribution in [3.63, 3.8) is 0 Å². The number of hydrogen-bond donors (Lipinski definition) is 2. The maximum atomic E-state index is 11.5. The zero-order valence-electron chi connectivity index (χ0n) is 11.2. The molecular formula is C13H16N2O5. The highest BCUT2D eigenvalue weighted by Crippen LogP contribution is 2.13. The minimum Gasteiger partial charge on any atom is -0.491 e. The van der Waals surface area contributed by atoms with Gasteiger partial charge in [0.15, 0.2) is 6.04 Å². The highest BCUT2D eigenvalue weighted by molar-refractivity contribution is 5.93. The number of nitrogens with two attached hydrogens (primary N) is 1. The van der Waals surface area contributed by atoms with Gasteiger partial charge in [-0.3, -0.25) is 9.59 Å². The van der Waals surface area contributed by atoms with Crippen LogP contribution in [-0.2, 0) is 14.3 Å². The molecule has 0 saturated carbocycles. The van der Waals surface area contributed by atoms with Gasteiger partial charge in [-0.15, -0.1) is 0 Å². The number of carbonyl (C=O) groups is 3. The van der Waals surface area contributed by atoms with Crippen LogP contribution in [0.2, 0.25) is 0 Å². The van der Waals surface area contributed by atoms with Crippen LogP contribution in [0.4, 0.5) is 0 Å². The Hall–Kier alpha value is -2.57. The lowest BCUT2D eigenvalue weighted by atomic mass is 10.2. The van der Waals surface area contributed by atoms with E-state index in [1.165, 1.54) is 20.1 Å². The molecule has 0 aliphatic heterocycles. The van der Waals surface area contributed by atoms with Crippen molar-refractivity contribution >= 4 is 17.8 Å². The predicted octanol–water partition coefficient (Wildman–Crippen LogP) is -0.158. The summed E-state index contributed by atoms with van der Waals surface area (Å²) >= 11 is 0. The number of hydrogen-bond acceptors (Lipinski definition) is 5. The largest absolute Gasteiger partial charge is 0.491 e. The van der Waals surface area contributed by atoms with Gasteiger partial charge in [-0.2, -0.15) is 0 Å². The summed E-state index contributed by atoms with van der Waals surface area (Å²) in [5, 5.41) is 2.41. The van der Waals surface area contributed by atoms with E-state index in [-0.39, 0.29) is 18.1 Å². The van der Waals surface area contributed by atoms with Gasteiger partial charge < -0.3 is 20.5 Å². The molecule has 3 N–H and O–H groups in total. The SMILES string of the molecule is COC(=O)C(COc1cccc(C(N)=O)c1)NC(C)=O. The lowest BCUT2D eigenvalue weighted by Gasteiger charge is -2.16. The molecule has 0 spiro atoms. The Morgan fingerprint density at radius 1 is 1.35 bits per heavy atom. The highest BCUT2D eigenvalue weighted by atomic mass is 16.5. The van der Waals surface area contributed by atoms with E-state index in [1.807, 2.05) is 0 Å². The van der Waals surface area contributed by atoms with E-state index in [0.29, 0.717) is 5.75 Å². The smallest absolute Gasteiger partial charge is 0.331 e. The molecule has 0 fully saturated rings. The molecule has 20 heavy (non-hydrogen) atoms. The molecule has 108 valence electrons. The summed E-state index contributed by atoms with van der Waals surface area (Å²) < 4.78 is 9.92. The summed E-state index contributed by atoms with van der Waals surface area (Å²) in [6.45, 7) is 1.16. The molecule has 0 saturated heterocycles. The average Bonchev–Trinajstić information content (AvgIpc) is 2.42. The molecule has 1 aromatic carbocycles. The Labute approximate surface area is 116 Å². The van der Waals surface area contributed by atoms with E-state index in [9.17, 15) is 14.4 Å². The number of amides is 2. The zero-order valence-corrected chi connectivity index (χ0v) is 11.2. The van der Waals surface area contributed by atoms with E-state index in [0.717, 1.165) is 0 Å². The second-order valence-corrected chi connectivity index (χ2v) is 3.98. The Kier molecular flexibility index (Phi) is 5.52. The third kappa shape index (κ3) is 4.60. The highest BCUT2D eigenvalue weighted by Gasteiger charge is 2.21. The first kappa shape index (κ1) is 15.5. The van der Waals surface area contributed by atoms with Gasteiger partial charge >= 0.3 is 5.97 Å². The lowest BCUT2D eigenvalue weighted by Crippen LogP contribution is -2.44. The predicted molar refractivity (Wildman–Crippen MR) is 70.1 cm³/mol. The Balaban J connectivity index is 2.71. The molecule has 0 radical (unpaired) electrons. The van der Waals surface area contributed by atoms with Crippen molar-refractivity contribution in [2.24, 2.45) is 5.73 Å². The average molecular weight is 280 g/mol. The number of primary amides is 1. The first-order valence-corrected chi connectivity index (χ1v) is 5.81. The van der Waals surface area contributed by atoms with Crippen molar-refractivity contribution in [2.45, 2.75) is 13.0 Å². The summed E-state index contributed by atoms with van der Waals surface area (Å²) in [5.74, 6) is -1.22.